The van der Waals surface area contributed by atoms with Crippen molar-refractivity contribution in [3.63, 3.8) is 0 Å². The van der Waals surface area contributed by atoms with Crippen molar-refractivity contribution in [3.05, 3.63) is 29.3 Å². The Labute approximate surface area is 103 Å². The van der Waals surface area contributed by atoms with Crippen LogP contribution in [0.5, 0.6) is 0 Å². The van der Waals surface area contributed by atoms with Crippen LogP contribution in [0.25, 0.3) is 0 Å². The molecule has 1 atom stereocenters. The van der Waals surface area contributed by atoms with Crippen molar-refractivity contribution in [2.24, 2.45) is 0 Å². The summed E-state index contributed by atoms with van der Waals surface area (Å²) in [7, 11) is 1.74. The molecule has 0 saturated carbocycles. The number of nitrogens with two attached hydrogens (primary N) is 1. The molecule has 0 aromatic heterocycles. The molecule has 94 valence electrons. The molecule has 3 N–H and O–H groups in total. The van der Waals surface area contributed by atoms with Gasteiger partial charge in [-0.3, -0.25) is 0 Å². The summed E-state index contributed by atoms with van der Waals surface area (Å²) >= 11 is 0. The van der Waals surface area contributed by atoms with Crippen LogP contribution in [0.3, 0.4) is 0 Å². The summed E-state index contributed by atoms with van der Waals surface area (Å²) in [5.41, 5.74) is 9.62. The molecule has 1 aliphatic rings. The number of hydrogen-bond donors (Lipinski definition) is 2. The number of hydrogen-bond acceptors (Lipinski definition) is 3. The summed E-state index contributed by atoms with van der Waals surface area (Å²) in [6.07, 6.45) is 4.69. The zero-order chi connectivity index (χ0) is 12.1. The molecule has 3 heteroatoms. The number of nitrogen functional groups attached to an aromatic ring is 1. The van der Waals surface area contributed by atoms with Crippen LogP contribution in [0.2, 0.25) is 0 Å². The largest absolute Gasteiger partial charge is 0.399 e. The van der Waals surface area contributed by atoms with E-state index in [0.717, 1.165) is 31.7 Å². The molecule has 17 heavy (non-hydrogen) atoms. The molecule has 1 aromatic carbocycles. The SMILES string of the molecule is COCCNC1CCc2ccc(N)cc2CC1. The fourth-order valence-electron chi connectivity index (χ4n) is 2.50. The first kappa shape index (κ1) is 12.4. The average Bonchev–Trinajstić information content (AvgIpc) is 2.52. The van der Waals surface area contributed by atoms with Crippen molar-refractivity contribution in [2.75, 3.05) is 26.0 Å². The van der Waals surface area contributed by atoms with Crippen LogP contribution in [-0.2, 0) is 17.6 Å². The molecule has 2 rings (SSSR count). The Morgan fingerprint density at radius 1 is 1.29 bits per heavy atom. The lowest BCUT2D eigenvalue weighted by Gasteiger charge is -2.15. The van der Waals surface area contributed by atoms with Crippen molar-refractivity contribution in [2.45, 2.75) is 31.7 Å². The monoisotopic (exact) mass is 234 g/mol. The second-order valence-electron chi connectivity index (χ2n) is 4.75. The summed E-state index contributed by atoms with van der Waals surface area (Å²) in [6, 6.07) is 6.94. The third-order valence-corrected chi connectivity index (χ3v) is 3.49. The maximum absolute atomic E-state index is 5.83. The van der Waals surface area contributed by atoms with Crippen LogP contribution < -0.4 is 11.1 Å². The van der Waals surface area contributed by atoms with Crippen LogP contribution in [-0.4, -0.2) is 26.3 Å². The summed E-state index contributed by atoms with van der Waals surface area (Å²) in [5.74, 6) is 0. The van der Waals surface area contributed by atoms with Crippen LogP contribution in [0.15, 0.2) is 18.2 Å². The van der Waals surface area contributed by atoms with E-state index in [4.69, 9.17) is 10.5 Å². The average molecular weight is 234 g/mol. The minimum Gasteiger partial charge on any atom is -0.399 e. The molecule has 0 amide bonds. The normalized spacial score (nSPS) is 19.7. The van der Waals surface area contributed by atoms with E-state index >= 15 is 0 Å². The van der Waals surface area contributed by atoms with Crippen molar-refractivity contribution in [1.82, 2.24) is 5.32 Å². The lowest BCUT2D eigenvalue weighted by molar-refractivity contribution is 0.194. The van der Waals surface area contributed by atoms with Crippen LogP contribution in [0.4, 0.5) is 5.69 Å². The van der Waals surface area contributed by atoms with Crippen LogP contribution >= 0.6 is 0 Å². The van der Waals surface area contributed by atoms with E-state index in [2.05, 4.69) is 17.4 Å². The predicted molar refractivity (Wildman–Crippen MR) is 71.2 cm³/mol. The summed E-state index contributed by atoms with van der Waals surface area (Å²) < 4.78 is 5.06. The Kier molecular flexibility index (Phi) is 4.40. The molecule has 3 nitrogen and oxygen atoms in total. The molecule has 0 saturated heterocycles. The Bertz CT molecular complexity index is 365. The van der Waals surface area contributed by atoms with E-state index in [1.165, 1.54) is 24.0 Å². The van der Waals surface area contributed by atoms with E-state index in [1.807, 2.05) is 6.07 Å². The minimum atomic E-state index is 0.610. The van der Waals surface area contributed by atoms with Gasteiger partial charge in [0.2, 0.25) is 0 Å². The fourth-order valence-corrected chi connectivity index (χ4v) is 2.50. The van der Waals surface area contributed by atoms with E-state index in [9.17, 15) is 0 Å². The van der Waals surface area contributed by atoms with Gasteiger partial charge in [-0.15, -0.1) is 0 Å². The zero-order valence-electron chi connectivity index (χ0n) is 10.5. The van der Waals surface area contributed by atoms with Gasteiger partial charge in [-0.1, -0.05) is 6.07 Å². The highest BCUT2D eigenvalue weighted by atomic mass is 16.5. The quantitative estimate of drug-likeness (QED) is 0.474. The maximum Gasteiger partial charge on any atom is 0.0587 e. The van der Waals surface area contributed by atoms with Gasteiger partial charge in [0.05, 0.1) is 6.61 Å². The minimum absolute atomic E-state index is 0.610. The van der Waals surface area contributed by atoms with Gasteiger partial charge in [0.1, 0.15) is 0 Å². The van der Waals surface area contributed by atoms with E-state index in [0.29, 0.717) is 6.04 Å². The zero-order valence-corrected chi connectivity index (χ0v) is 10.5. The number of nitrogens with one attached hydrogen (secondary N) is 1. The maximum atomic E-state index is 5.83. The van der Waals surface area contributed by atoms with Crippen molar-refractivity contribution in [3.8, 4) is 0 Å². The number of rotatable bonds is 4. The van der Waals surface area contributed by atoms with E-state index < -0.39 is 0 Å². The highest BCUT2D eigenvalue weighted by Crippen LogP contribution is 2.22. The highest BCUT2D eigenvalue weighted by Gasteiger charge is 2.15. The lowest BCUT2D eigenvalue weighted by atomic mass is 10.0. The van der Waals surface area contributed by atoms with Gasteiger partial charge in [-0.25, -0.2) is 0 Å². The fraction of sp³-hybridized carbons (Fsp3) is 0.571. The molecule has 0 spiro atoms. The van der Waals surface area contributed by atoms with Crippen molar-refractivity contribution < 1.29 is 4.74 Å². The standard InChI is InChI=1S/C14H22N2O/c1-17-9-8-16-14-6-3-11-2-5-13(15)10-12(11)4-7-14/h2,5,10,14,16H,3-4,6-9,15H2,1H3. The highest BCUT2D eigenvalue weighted by molar-refractivity contribution is 5.45. The number of aryl methyl sites for hydroxylation is 2. The van der Waals surface area contributed by atoms with E-state index in [1.54, 1.807) is 7.11 Å². The van der Waals surface area contributed by atoms with Gasteiger partial charge in [0.15, 0.2) is 0 Å². The smallest absolute Gasteiger partial charge is 0.0587 e. The molecule has 1 unspecified atom stereocenters. The predicted octanol–water partition coefficient (Wildman–Crippen LogP) is 1.75. The lowest BCUT2D eigenvalue weighted by Crippen LogP contribution is -2.32. The first-order valence-electron chi connectivity index (χ1n) is 6.39. The third kappa shape index (κ3) is 3.45. The number of benzene rings is 1. The second-order valence-corrected chi connectivity index (χ2v) is 4.75. The topological polar surface area (TPSA) is 47.3 Å². The summed E-state index contributed by atoms with van der Waals surface area (Å²) in [6.45, 7) is 1.73. The molecule has 0 bridgehead atoms. The Morgan fingerprint density at radius 3 is 2.82 bits per heavy atom. The first-order valence-corrected chi connectivity index (χ1v) is 6.39. The number of ether oxygens (including phenoxy) is 1. The number of fused-ring (bicyclic) bond motifs is 1. The van der Waals surface area contributed by atoms with Crippen LogP contribution in [0.1, 0.15) is 24.0 Å². The summed E-state index contributed by atoms with van der Waals surface area (Å²) in [4.78, 5) is 0. The van der Waals surface area contributed by atoms with Crippen molar-refractivity contribution >= 4 is 5.69 Å². The molecule has 0 heterocycles. The Balaban J connectivity index is 1.92. The molecule has 1 aliphatic carbocycles. The molecule has 0 aliphatic heterocycles. The molecule has 0 fully saturated rings. The van der Waals surface area contributed by atoms with Gasteiger partial charge in [-0.2, -0.15) is 0 Å². The number of methoxy groups -OCH3 is 1. The molecule has 0 radical (unpaired) electrons. The Hall–Kier alpha value is -1.06. The van der Waals surface area contributed by atoms with Gasteiger partial charge >= 0.3 is 0 Å². The van der Waals surface area contributed by atoms with E-state index in [-0.39, 0.29) is 0 Å². The van der Waals surface area contributed by atoms with Crippen LogP contribution in [0, 0.1) is 0 Å². The Morgan fingerprint density at radius 2 is 2.06 bits per heavy atom. The first-order chi connectivity index (χ1) is 8.29. The molecular formula is C14H22N2O. The van der Waals surface area contributed by atoms with Crippen molar-refractivity contribution in [1.29, 1.82) is 0 Å². The molecular weight excluding hydrogens is 212 g/mol. The third-order valence-electron chi connectivity index (χ3n) is 3.49. The number of anilines is 1. The van der Waals surface area contributed by atoms with Gasteiger partial charge in [0.25, 0.3) is 0 Å². The molecule has 1 aromatic rings. The van der Waals surface area contributed by atoms with Gasteiger partial charge in [0, 0.05) is 25.4 Å². The van der Waals surface area contributed by atoms with Gasteiger partial charge in [-0.05, 0) is 48.9 Å². The summed E-state index contributed by atoms with van der Waals surface area (Å²) in [5, 5.41) is 3.56. The van der Waals surface area contributed by atoms with Gasteiger partial charge < -0.3 is 15.8 Å². The second kappa shape index (κ2) is 6.03.